The van der Waals surface area contributed by atoms with E-state index in [1.54, 1.807) is 0 Å². The number of rotatable bonds is 7. The monoisotopic (exact) mass is 559 g/mol. The topological polar surface area (TPSA) is 97.5 Å². The summed E-state index contributed by atoms with van der Waals surface area (Å²) in [6, 6.07) is 0. The maximum Gasteiger partial charge on any atom is 0.460 e. The quantitative estimate of drug-likeness (QED) is 0.454. The van der Waals surface area contributed by atoms with E-state index in [4.69, 9.17) is 9.90 Å². The lowest BCUT2D eigenvalue weighted by Crippen LogP contribution is -2.75. The van der Waals surface area contributed by atoms with Gasteiger partial charge < -0.3 is 5.11 Å². The smallest absolute Gasteiger partial charge is 0.460 e. The van der Waals surface area contributed by atoms with Gasteiger partial charge in [0.05, 0.1) is 0 Å². The number of carboxylic acid groups (broad SMARTS) is 1. The van der Waals surface area contributed by atoms with Crippen molar-refractivity contribution in [2.24, 2.45) is 5.14 Å². The summed E-state index contributed by atoms with van der Waals surface area (Å²) in [4.78, 5) is 9.00. The zero-order valence-electron chi connectivity index (χ0n) is 14.6. The fraction of sp³-hybridized carbons (Fsp3) is 0.900. The Labute approximate surface area is 169 Å². The molecule has 0 saturated heterocycles. The van der Waals surface area contributed by atoms with Crippen molar-refractivity contribution in [1.82, 2.24) is 0 Å². The Balaban J connectivity index is 0. The summed E-state index contributed by atoms with van der Waals surface area (Å²) in [6.45, 7) is 1.08. The SMILES string of the molecule is CC(=O)O.NS(=O)(=O)C(F)(F)C(F)(F)C(F)(F)C(F)(F)C(F)(F)C(F)(F)C(F)(F)C(F)(F)F. The Morgan fingerprint density at radius 3 is 0.939 bits per heavy atom. The second kappa shape index (κ2) is 8.45. The lowest BCUT2D eigenvalue weighted by molar-refractivity contribution is -0.458. The van der Waals surface area contributed by atoms with Crippen LogP contribution in [0.4, 0.5) is 74.6 Å². The Hall–Kier alpha value is -1.81. The molecule has 0 radical (unpaired) electrons. The molecule has 0 spiro atoms. The third-order valence-electron chi connectivity index (χ3n) is 3.05. The molecule has 23 heteroatoms. The molecule has 0 aromatic heterocycles. The molecular formula is C10H6F17NO4S. The van der Waals surface area contributed by atoms with Gasteiger partial charge >= 0.3 is 47.0 Å². The fourth-order valence-electron chi connectivity index (χ4n) is 1.33. The van der Waals surface area contributed by atoms with Gasteiger partial charge in [-0.15, -0.1) is 0 Å². The molecule has 0 aromatic rings. The molecule has 0 unspecified atom stereocenters. The molecule has 0 rings (SSSR count). The van der Waals surface area contributed by atoms with E-state index in [2.05, 4.69) is 5.14 Å². The third kappa shape index (κ3) is 4.87. The van der Waals surface area contributed by atoms with E-state index < -0.39 is 63.0 Å². The first-order valence-corrected chi connectivity index (χ1v) is 8.21. The molecule has 0 heterocycles. The molecule has 3 N–H and O–H groups in total. The number of hydrogen-bond acceptors (Lipinski definition) is 3. The number of primary sulfonamides is 1. The molecule has 33 heavy (non-hydrogen) atoms. The zero-order chi connectivity index (χ0) is 28.1. The van der Waals surface area contributed by atoms with Gasteiger partial charge in [0.15, 0.2) is 0 Å². The van der Waals surface area contributed by atoms with Gasteiger partial charge in [-0.05, 0) is 0 Å². The van der Waals surface area contributed by atoms with Crippen LogP contribution in [0.15, 0.2) is 0 Å². The van der Waals surface area contributed by atoms with E-state index in [0.29, 0.717) is 0 Å². The number of halogens is 17. The van der Waals surface area contributed by atoms with Crippen LogP contribution in [0.1, 0.15) is 6.92 Å². The average Bonchev–Trinajstić information content (AvgIpc) is 2.50. The van der Waals surface area contributed by atoms with Gasteiger partial charge in [-0.1, -0.05) is 0 Å². The van der Waals surface area contributed by atoms with Gasteiger partial charge in [-0.3, -0.25) is 4.79 Å². The molecule has 5 nitrogen and oxygen atoms in total. The molecule has 0 aliphatic heterocycles. The number of aliphatic carboxylic acids is 1. The van der Waals surface area contributed by atoms with Gasteiger partial charge in [0.2, 0.25) is 0 Å². The summed E-state index contributed by atoms with van der Waals surface area (Å²) in [6.07, 6.45) is -7.86. The van der Waals surface area contributed by atoms with Crippen molar-refractivity contribution in [3.05, 3.63) is 0 Å². The summed E-state index contributed by atoms with van der Waals surface area (Å²) in [5.41, 5.74) is 0. The van der Waals surface area contributed by atoms with Crippen molar-refractivity contribution < 1.29 is 93.0 Å². The highest BCUT2D eigenvalue weighted by Gasteiger charge is 2.96. The van der Waals surface area contributed by atoms with E-state index in [0.717, 1.165) is 6.92 Å². The highest BCUT2D eigenvalue weighted by Crippen LogP contribution is 2.64. The summed E-state index contributed by atoms with van der Waals surface area (Å²) in [7, 11) is -7.39. The predicted octanol–water partition coefficient (Wildman–Crippen LogP) is 4.33. The van der Waals surface area contributed by atoms with Crippen LogP contribution in [0, 0.1) is 0 Å². The van der Waals surface area contributed by atoms with E-state index in [1.807, 2.05) is 0 Å². The van der Waals surface area contributed by atoms with Crippen LogP contribution in [-0.4, -0.2) is 66.5 Å². The van der Waals surface area contributed by atoms with Gasteiger partial charge in [0, 0.05) is 6.92 Å². The standard InChI is InChI=1S/C8H2F17NO2S.C2H4O2/c9-1(10,3(13,14)5(17,18)7(21,22)23)2(11,12)4(15,16)6(19,20)8(24,25)29(26,27)28;1-2(3)4/h(H2,26,27,28);1H3,(H,3,4). The number of sulfonamides is 1. The number of hydrogen-bond donors (Lipinski definition) is 2. The first kappa shape index (κ1) is 33.4. The molecule has 200 valence electrons. The normalized spacial score (nSPS) is 15.6. The van der Waals surface area contributed by atoms with Crippen molar-refractivity contribution in [3.63, 3.8) is 0 Å². The van der Waals surface area contributed by atoms with Crippen molar-refractivity contribution in [2.45, 2.75) is 53.9 Å². The minimum atomic E-state index is -8.84. The molecule has 0 amide bonds. The second-order valence-electron chi connectivity index (χ2n) is 5.52. The molecule has 0 aliphatic rings. The lowest BCUT2D eigenvalue weighted by atomic mass is 9.91. The minimum absolute atomic E-state index is 0.833. The van der Waals surface area contributed by atoms with Crippen molar-refractivity contribution in [1.29, 1.82) is 0 Å². The van der Waals surface area contributed by atoms with Crippen LogP contribution in [-0.2, 0) is 14.8 Å². The van der Waals surface area contributed by atoms with Crippen LogP contribution < -0.4 is 5.14 Å². The molecular weight excluding hydrogens is 553 g/mol. The van der Waals surface area contributed by atoms with Crippen LogP contribution in [0.5, 0.6) is 0 Å². The van der Waals surface area contributed by atoms with Gasteiger partial charge in [0.1, 0.15) is 0 Å². The lowest BCUT2D eigenvalue weighted by Gasteiger charge is -2.42. The number of nitrogens with two attached hydrogens (primary N) is 1. The molecule has 0 fully saturated rings. The maximum atomic E-state index is 13.1. The highest BCUT2D eigenvalue weighted by atomic mass is 32.2. The number of carbonyl (C=O) groups is 1. The minimum Gasteiger partial charge on any atom is -0.481 e. The summed E-state index contributed by atoms with van der Waals surface area (Å²) in [5, 5.41) is 3.12. The van der Waals surface area contributed by atoms with E-state index in [9.17, 15) is 83.1 Å². The van der Waals surface area contributed by atoms with Crippen LogP contribution >= 0.6 is 0 Å². The van der Waals surface area contributed by atoms with Crippen LogP contribution in [0.25, 0.3) is 0 Å². The Morgan fingerprint density at radius 1 is 0.576 bits per heavy atom. The Morgan fingerprint density at radius 2 is 0.758 bits per heavy atom. The van der Waals surface area contributed by atoms with Crippen LogP contribution in [0.2, 0.25) is 0 Å². The predicted molar refractivity (Wildman–Crippen MR) is 67.1 cm³/mol. The van der Waals surface area contributed by atoms with Crippen molar-refractivity contribution >= 4 is 16.0 Å². The summed E-state index contributed by atoms with van der Waals surface area (Å²) >= 11 is 0. The summed E-state index contributed by atoms with van der Waals surface area (Å²) in [5.74, 6) is -52.4. The average molecular weight is 559 g/mol. The van der Waals surface area contributed by atoms with Gasteiger partial charge in [-0.2, -0.15) is 74.6 Å². The summed E-state index contributed by atoms with van der Waals surface area (Å²) < 4.78 is 236. The van der Waals surface area contributed by atoms with E-state index in [1.165, 1.54) is 0 Å². The Bertz CT molecular complexity index is 827. The third-order valence-corrected chi connectivity index (χ3v) is 4.02. The van der Waals surface area contributed by atoms with E-state index >= 15 is 0 Å². The van der Waals surface area contributed by atoms with Crippen molar-refractivity contribution in [2.75, 3.05) is 0 Å². The zero-order valence-corrected chi connectivity index (χ0v) is 15.4. The first-order chi connectivity index (χ1) is 13.7. The van der Waals surface area contributed by atoms with Gasteiger partial charge in [0.25, 0.3) is 16.0 Å². The molecule has 0 bridgehead atoms. The van der Waals surface area contributed by atoms with Crippen LogP contribution in [0.3, 0.4) is 0 Å². The highest BCUT2D eigenvalue weighted by molar-refractivity contribution is 7.90. The first-order valence-electron chi connectivity index (χ1n) is 6.66. The van der Waals surface area contributed by atoms with E-state index in [-0.39, 0.29) is 0 Å². The number of carboxylic acids is 1. The van der Waals surface area contributed by atoms with Gasteiger partial charge in [-0.25, -0.2) is 13.6 Å². The molecule has 0 aliphatic carbocycles. The molecule has 0 saturated carbocycles. The Kier molecular flexibility index (Phi) is 8.54. The second-order valence-corrected chi connectivity index (χ2v) is 7.13. The fourth-order valence-corrected chi connectivity index (χ4v) is 1.81. The molecule has 0 atom stereocenters. The number of alkyl halides is 17. The maximum absolute atomic E-state index is 13.1. The molecule has 0 aromatic carbocycles. The largest absolute Gasteiger partial charge is 0.481 e. The van der Waals surface area contributed by atoms with Crippen molar-refractivity contribution in [3.8, 4) is 0 Å².